The number of methoxy groups -OCH3 is 2. The molecule has 0 saturated heterocycles. The third kappa shape index (κ3) is 9.44. The van der Waals surface area contributed by atoms with E-state index in [4.69, 9.17) is 28.1 Å². The van der Waals surface area contributed by atoms with Gasteiger partial charge in [-0.25, -0.2) is 0 Å². The van der Waals surface area contributed by atoms with Crippen LogP contribution in [0.15, 0.2) is 89.5 Å². The molecule has 4 rings (SSSR count). The van der Waals surface area contributed by atoms with Crippen LogP contribution in [0, 0.1) is 0 Å². The Hall–Kier alpha value is -3.85. The number of anilines is 1. The van der Waals surface area contributed by atoms with E-state index in [2.05, 4.69) is 22.0 Å². The van der Waals surface area contributed by atoms with Gasteiger partial charge in [-0.05, 0) is 41.0 Å². The van der Waals surface area contributed by atoms with Crippen LogP contribution in [0.5, 0.6) is 11.5 Å². The summed E-state index contributed by atoms with van der Waals surface area (Å²) in [5.74, 6) is 1.61. The minimum atomic E-state index is 0.337. The maximum Gasteiger partial charge on any atom is 0.298 e. The molecule has 8 nitrogen and oxygen atoms in total. The maximum absolute atomic E-state index is 5.87. The Morgan fingerprint density at radius 3 is 1.82 bits per heavy atom. The average Bonchev–Trinajstić information content (AvgIpc) is 3.45. The molecular weight excluding hydrogens is 496 g/mol. The number of benzene rings is 3. The quantitative estimate of drug-likeness (QED) is 0.162. The van der Waals surface area contributed by atoms with Crippen molar-refractivity contribution in [3.63, 3.8) is 0 Å². The second-order valence-electron chi connectivity index (χ2n) is 8.88. The van der Waals surface area contributed by atoms with Crippen LogP contribution in [-0.4, -0.2) is 45.6 Å². The summed E-state index contributed by atoms with van der Waals surface area (Å²) in [6, 6.07) is 26.6. The van der Waals surface area contributed by atoms with Crippen molar-refractivity contribution in [1.29, 1.82) is 0 Å². The molecule has 0 fully saturated rings. The number of aromatic nitrogens is 1. The summed E-state index contributed by atoms with van der Waals surface area (Å²) in [7, 11) is 3.33. The third-order valence-electron chi connectivity index (χ3n) is 5.93. The third-order valence-corrected chi connectivity index (χ3v) is 5.93. The Morgan fingerprint density at radius 2 is 1.21 bits per heavy atom. The first-order chi connectivity index (χ1) is 19.2. The minimum Gasteiger partial charge on any atom is -0.497 e. The molecule has 39 heavy (non-hydrogen) atoms. The molecule has 0 saturated carbocycles. The largest absolute Gasteiger partial charge is 0.497 e. The predicted molar refractivity (Wildman–Crippen MR) is 149 cm³/mol. The zero-order valence-electron chi connectivity index (χ0n) is 22.6. The van der Waals surface area contributed by atoms with Crippen LogP contribution in [0.25, 0.3) is 0 Å². The monoisotopic (exact) mass is 532 g/mol. The van der Waals surface area contributed by atoms with E-state index in [9.17, 15) is 0 Å². The van der Waals surface area contributed by atoms with Gasteiger partial charge < -0.3 is 33.0 Å². The Kier molecular flexibility index (Phi) is 11.2. The summed E-state index contributed by atoms with van der Waals surface area (Å²) in [5.41, 5.74) is 4.03. The van der Waals surface area contributed by atoms with Crippen molar-refractivity contribution in [2.24, 2.45) is 0 Å². The Morgan fingerprint density at radius 1 is 0.641 bits per heavy atom. The number of hydrogen-bond donors (Lipinski definition) is 0. The van der Waals surface area contributed by atoms with Crippen molar-refractivity contribution in [2.75, 3.05) is 45.5 Å². The fraction of sp³-hybridized carbons (Fsp3) is 0.323. The van der Waals surface area contributed by atoms with Crippen molar-refractivity contribution in [2.45, 2.75) is 26.3 Å². The van der Waals surface area contributed by atoms with Gasteiger partial charge in [0.1, 0.15) is 23.5 Å². The average molecular weight is 533 g/mol. The summed E-state index contributed by atoms with van der Waals surface area (Å²) < 4.78 is 33.6. The molecule has 0 amide bonds. The smallest absolute Gasteiger partial charge is 0.298 e. The van der Waals surface area contributed by atoms with Crippen LogP contribution in [0.1, 0.15) is 22.4 Å². The van der Waals surface area contributed by atoms with Crippen molar-refractivity contribution in [1.82, 2.24) is 4.98 Å². The fourth-order valence-electron chi connectivity index (χ4n) is 3.96. The minimum absolute atomic E-state index is 0.337. The highest BCUT2D eigenvalue weighted by molar-refractivity contribution is 5.37. The lowest BCUT2D eigenvalue weighted by Crippen LogP contribution is -2.22. The van der Waals surface area contributed by atoms with E-state index in [0.29, 0.717) is 58.7 Å². The molecule has 206 valence electrons. The number of hydrogen-bond acceptors (Lipinski definition) is 8. The lowest BCUT2D eigenvalue weighted by molar-refractivity contribution is 0.00652. The van der Waals surface area contributed by atoms with Crippen molar-refractivity contribution >= 4 is 6.01 Å². The Bertz CT molecular complexity index is 1200. The SMILES string of the molecule is COc1cccc(CN(Cc2cccc(OC)c2)c2nc(COCCOCCOCc3ccccc3)co2)c1. The lowest BCUT2D eigenvalue weighted by atomic mass is 10.1. The number of rotatable bonds is 17. The van der Waals surface area contributed by atoms with Gasteiger partial charge in [-0.15, -0.1) is 0 Å². The first-order valence-corrected chi connectivity index (χ1v) is 13.0. The van der Waals surface area contributed by atoms with Gasteiger partial charge in [0.05, 0.1) is 53.9 Å². The summed E-state index contributed by atoms with van der Waals surface area (Å²) >= 11 is 0. The maximum atomic E-state index is 5.87. The van der Waals surface area contributed by atoms with Crippen molar-refractivity contribution in [3.05, 3.63) is 108 Å². The van der Waals surface area contributed by atoms with E-state index >= 15 is 0 Å². The van der Waals surface area contributed by atoms with Crippen LogP contribution >= 0.6 is 0 Å². The number of oxazole rings is 1. The summed E-state index contributed by atoms with van der Waals surface area (Å²) in [5, 5.41) is 0. The van der Waals surface area contributed by atoms with Crippen LogP contribution in [0.3, 0.4) is 0 Å². The van der Waals surface area contributed by atoms with Crippen molar-refractivity contribution < 1.29 is 28.1 Å². The van der Waals surface area contributed by atoms with E-state index < -0.39 is 0 Å². The van der Waals surface area contributed by atoms with E-state index in [1.807, 2.05) is 66.7 Å². The van der Waals surface area contributed by atoms with Crippen molar-refractivity contribution in [3.8, 4) is 11.5 Å². The molecule has 0 N–H and O–H groups in total. The van der Waals surface area contributed by atoms with Crippen LogP contribution in [0.2, 0.25) is 0 Å². The van der Waals surface area contributed by atoms with Gasteiger partial charge in [-0.2, -0.15) is 4.98 Å². The summed E-state index contributed by atoms with van der Waals surface area (Å²) in [6.45, 7) is 4.11. The van der Waals surface area contributed by atoms with Gasteiger partial charge in [0.25, 0.3) is 6.01 Å². The van der Waals surface area contributed by atoms with Crippen LogP contribution < -0.4 is 14.4 Å². The molecule has 0 bridgehead atoms. The highest BCUT2D eigenvalue weighted by Gasteiger charge is 2.16. The Balaban J connectivity index is 1.25. The molecule has 0 aliphatic carbocycles. The van der Waals surface area contributed by atoms with Gasteiger partial charge in [-0.1, -0.05) is 54.6 Å². The van der Waals surface area contributed by atoms with Gasteiger partial charge in [0.2, 0.25) is 0 Å². The van der Waals surface area contributed by atoms with Gasteiger partial charge in [0.15, 0.2) is 0 Å². The molecule has 0 aliphatic heterocycles. The van der Waals surface area contributed by atoms with Crippen LogP contribution in [-0.2, 0) is 40.5 Å². The molecule has 0 aliphatic rings. The zero-order valence-corrected chi connectivity index (χ0v) is 22.6. The molecule has 0 spiro atoms. The molecule has 4 aromatic rings. The second kappa shape index (κ2) is 15.5. The van der Waals surface area contributed by atoms with Gasteiger partial charge in [0, 0.05) is 13.1 Å². The first-order valence-electron chi connectivity index (χ1n) is 13.0. The van der Waals surface area contributed by atoms with E-state index in [1.54, 1.807) is 20.5 Å². The normalized spacial score (nSPS) is 10.9. The molecule has 1 aromatic heterocycles. The summed E-state index contributed by atoms with van der Waals surface area (Å²) in [6.07, 6.45) is 1.64. The number of nitrogens with zero attached hydrogens (tertiary/aromatic N) is 2. The van der Waals surface area contributed by atoms with E-state index in [-0.39, 0.29) is 0 Å². The van der Waals surface area contributed by atoms with Crippen LogP contribution in [0.4, 0.5) is 6.01 Å². The molecular formula is C31H36N2O6. The highest BCUT2D eigenvalue weighted by Crippen LogP contribution is 2.23. The fourth-order valence-corrected chi connectivity index (χ4v) is 3.96. The molecule has 0 unspecified atom stereocenters. The number of ether oxygens (including phenoxy) is 5. The van der Waals surface area contributed by atoms with E-state index in [1.165, 1.54) is 0 Å². The van der Waals surface area contributed by atoms with Gasteiger partial charge >= 0.3 is 0 Å². The molecule has 0 radical (unpaired) electrons. The lowest BCUT2D eigenvalue weighted by Gasteiger charge is -2.21. The standard InChI is InChI=1S/C31H36N2O6/c1-34-29-12-6-10-26(18-29)20-33(21-27-11-7-13-30(19-27)35-2)31-32-28(24-39-31)23-38-17-15-36-14-16-37-22-25-8-4-3-5-9-25/h3-13,18-19,24H,14-17,20-23H2,1-2H3. The summed E-state index contributed by atoms with van der Waals surface area (Å²) in [4.78, 5) is 6.76. The van der Waals surface area contributed by atoms with E-state index in [0.717, 1.165) is 33.9 Å². The molecule has 0 atom stereocenters. The molecule has 1 heterocycles. The molecule has 8 heteroatoms. The topological polar surface area (TPSA) is 75.4 Å². The highest BCUT2D eigenvalue weighted by atomic mass is 16.5. The zero-order chi connectivity index (χ0) is 27.1. The second-order valence-corrected chi connectivity index (χ2v) is 8.88. The Labute approximate surface area is 230 Å². The molecule has 3 aromatic carbocycles. The predicted octanol–water partition coefficient (Wildman–Crippen LogP) is 5.65. The first kappa shape index (κ1) is 28.2. The van der Waals surface area contributed by atoms with Gasteiger partial charge in [-0.3, -0.25) is 0 Å².